The van der Waals surface area contributed by atoms with Gasteiger partial charge in [0.2, 0.25) is 0 Å². The Kier molecular flexibility index (Phi) is 5.05. The van der Waals surface area contributed by atoms with Gasteiger partial charge in [0.05, 0.1) is 7.11 Å². The Hall–Kier alpha value is -0.800. The van der Waals surface area contributed by atoms with Gasteiger partial charge in [-0.15, -0.1) is 12.4 Å². The zero-order valence-corrected chi connectivity index (χ0v) is 10.0. The van der Waals surface area contributed by atoms with Crippen LogP contribution in [0.1, 0.15) is 19.4 Å². The van der Waals surface area contributed by atoms with Crippen LogP contribution in [-0.2, 0) is 6.42 Å². The lowest BCUT2D eigenvalue weighted by molar-refractivity contribution is 0.399. The molecule has 2 N–H and O–H groups in total. The molecule has 0 atom stereocenters. The van der Waals surface area contributed by atoms with Gasteiger partial charge in [-0.3, -0.25) is 0 Å². The van der Waals surface area contributed by atoms with Crippen molar-refractivity contribution >= 4 is 12.4 Å². The summed E-state index contributed by atoms with van der Waals surface area (Å²) in [4.78, 5) is 0. The Morgan fingerprint density at radius 3 is 2.47 bits per heavy atom. The van der Waals surface area contributed by atoms with Crippen LogP contribution in [0.4, 0.5) is 4.39 Å². The minimum Gasteiger partial charge on any atom is -0.496 e. The van der Waals surface area contributed by atoms with Gasteiger partial charge >= 0.3 is 0 Å². The summed E-state index contributed by atoms with van der Waals surface area (Å²) in [5, 5.41) is 0. The summed E-state index contributed by atoms with van der Waals surface area (Å²) in [5.74, 6) is 0.268. The molecule has 0 radical (unpaired) electrons. The van der Waals surface area contributed by atoms with Crippen molar-refractivity contribution in [3.05, 3.63) is 29.6 Å². The maximum Gasteiger partial charge on any atom is 0.126 e. The molecule has 0 amide bonds. The van der Waals surface area contributed by atoms with E-state index in [-0.39, 0.29) is 23.8 Å². The van der Waals surface area contributed by atoms with E-state index in [1.165, 1.54) is 19.2 Å². The van der Waals surface area contributed by atoms with Crippen molar-refractivity contribution in [2.75, 3.05) is 7.11 Å². The van der Waals surface area contributed by atoms with Gasteiger partial charge < -0.3 is 10.5 Å². The van der Waals surface area contributed by atoms with Gasteiger partial charge in [-0.2, -0.15) is 0 Å². The standard InChI is InChI=1S/C11H16FNO.ClH/c1-11(2,13)7-8-4-5-9(12)6-10(8)14-3;/h4-6H,7,13H2,1-3H3;1H. The smallest absolute Gasteiger partial charge is 0.126 e. The summed E-state index contributed by atoms with van der Waals surface area (Å²) >= 11 is 0. The minimum absolute atomic E-state index is 0. The first-order valence-corrected chi connectivity index (χ1v) is 4.54. The third-order valence-corrected chi connectivity index (χ3v) is 1.90. The minimum atomic E-state index is -0.314. The highest BCUT2D eigenvalue weighted by molar-refractivity contribution is 5.85. The summed E-state index contributed by atoms with van der Waals surface area (Å²) < 4.78 is 17.9. The third kappa shape index (κ3) is 4.49. The molecule has 0 unspecified atom stereocenters. The Labute approximate surface area is 96.0 Å². The molecule has 0 aliphatic rings. The summed E-state index contributed by atoms with van der Waals surface area (Å²) in [6, 6.07) is 4.51. The Bertz CT molecular complexity index is 323. The quantitative estimate of drug-likeness (QED) is 0.871. The van der Waals surface area contributed by atoms with Gasteiger partial charge in [-0.1, -0.05) is 6.07 Å². The molecule has 86 valence electrons. The molecule has 0 fully saturated rings. The lowest BCUT2D eigenvalue weighted by atomic mass is 9.95. The molecule has 15 heavy (non-hydrogen) atoms. The zero-order chi connectivity index (χ0) is 10.8. The van der Waals surface area contributed by atoms with E-state index in [0.717, 1.165) is 5.56 Å². The van der Waals surface area contributed by atoms with E-state index in [1.807, 2.05) is 13.8 Å². The van der Waals surface area contributed by atoms with Crippen LogP contribution >= 0.6 is 12.4 Å². The van der Waals surface area contributed by atoms with Crippen molar-refractivity contribution in [2.45, 2.75) is 25.8 Å². The van der Waals surface area contributed by atoms with Crippen LogP contribution in [0.5, 0.6) is 5.75 Å². The highest BCUT2D eigenvalue weighted by Crippen LogP contribution is 2.22. The maximum absolute atomic E-state index is 12.9. The largest absolute Gasteiger partial charge is 0.496 e. The SMILES string of the molecule is COc1cc(F)ccc1CC(C)(C)N.Cl. The normalized spacial score (nSPS) is 10.7. The average molecular weight is 234 g/mol. The van der Waals surface area contributed by atoms with Crippen LogP contribution in [0, 0.1) is 5.82 Å². The zero-order valence-electron chi connectivity index (χ0n) is 9.21. The second-order valence-corrected chi connectivity index (χ2v) is 4.12. The fourth-order valence-corrected chi connectivity index (χ4v) is 1.36. The topological polar surface area (TPSA) is 35.2 Å². The fourth-order valence-electron chi connectivity index (χ4n) is 1.36. The first kappa shape index (κ1) is 14.2. The van der Waals surface area contributed by atoms with Gasteiger partial charge in [0.25, 0.3) is 0 Å². The van der Waals surface area contributed by atoms with Crippen LogP contribution in [-0.4, -0.2) is 12.6 Å². The molecule has 2 nitrogen and oxygen atoms in total. The second kappa shape index (κ2) is 5.33. The maximum atomic E-state index is 12.9. The molecule has 0 spiro atoms. The van der Waals surface area contributed by atoms with E-state index in [1.54, 1.807) is 6.07 Å². The number of ether oxygens (including phenoxy) is 1. The summed E-state index contributed by atoms with van der Waals surface area (Å²) in [5.41, 5.74) is 6.50. The number of hydrogen-bond acceptors (Lipinski definition) is 2. The summed E-state index contributed by atoms with van der Waals surface area (Å²) in [6.45, 7) is 3.85. The van der Waals surface area contributed by atoms with Crippen molar-refractivity contribution in [1.29, 1.82) is 0 Å². The first-order valence-electron chi connectivity index (χ1n) is 4.54. The van der Waals surface area contributed by atoms with Gasteiger partial charge in [-0.25, -0.2) is 4.39 Å². The van der Waals surface area contributed by atoms with Crippen LogP contribution < -0.4 is 10.5 Å². The van der Waals surface area contributed by atoms with Crippen LogP contribution in [0.25, 0.3) is 0 Å². The number of benzene rings is 1. The van der Waals surface area contributed by atoms with Crippen molar-refractivity contribution in [2.24, 2.45) is 5.73 Å². The molecule has 0 bridgehead atoms. The van der Waals surface area contributed by atoms with Gasteiger partial charge in [-0.05, 0) is 31.9 Å². The van der Waals surface area contributed by atoms with Crippen LogP contribution in [0.2, 0.25) is 0 Å². The predicted molar refractivity (Wildman–Crippen MR) is 62.2 cm³/mol. The van der Waals surface area contributed by atoms with E-state index >= 15 is 0 Å². The number of nitrogens with two attached hydrogens (primary N) is 1. The highest BCUT2D eigenvalue weighted by Gasteiger charge is 2.15. The first-order chi connectivity index (χ1) is 6.42. The molecule has 0 saturated heterocycles. The van der Waals surface area contributed by atoms with E-state index in [4.69, 9.17) is 10.5 Å². The molecule has 0 aliphatic carbocycles. The lowest BCUT2D eigenvalue weighted by Gasteiger charge is -2.19. The second-order valence-electron chi connectivity index (χ2n) is 4.12. The highest BCUT2D eigenvalue weighted by atomic mass is 35.5. The van der Waals surface area contributed by atoms with E-state index < -0.39 is 0 Å². The number of hydrogen-bond donors (Lipinski definition) is 1. The monoisotopic (exact) mass is 233 g/mol. The van der Waals surface area contributed by atoms with E-state index in [2.05, 4.69) is 0 Å². The molecule has 0 aromatic heterocycles. The lowest BCUT2D eigenvalue weighted by Crippen LogP contribution is -2.34. The van der Waals surface area contributed by atoms with Crippen LogP contribution in [0.15, 0.2) is 18.2 Å². The van der Waals surface area contributed by atoms with Gasteiger partial charge in [0.15, 0.2) is 0 Å². The van der Waals surface area contributed by atoms with Gasteiger partial charge in [0, 0.05) is 11.6 Å². The van der Waals surface area contributed by atoms with Crippen molar-refractivity contribution in [3.63, 3.8) is 0 Å². The number of rotatable bonds is 3. The molecule has 4 heteroatoms. The van der Waals surface area contributed by atoms with Crippen LogP contribution in [0.3, 0.4) is 0 Å². The Morgan fingerprint density at radius 1 is 1.40 bits per heavy atom. The average Bonchev–Trinajstić information content (AvgIpc) is 2.06. The van der Waals surface area contributed by atoms with Gasteiger partial charge in [0.1, 0.15) is 11.6 Å². The molecule has 0 heterocycles. The van der Waals surface area contributed by atoms with Crippen molar-refractivity contribution in [3.8, 4) is 5.75 Å². The predicted octanol–water partition coefficient (Wildman–Crippen LogP) is 2.54. The van der Waals surface area contributed by atoms with E-state index in [9.17, 15) is 4.39 Å². The third-order valence-electron chi connectivity index (χ3n) is 1.90. The Morgan fingerprint density at radius 2 is 2.00 bits per heavy atom. The van der Waals surface area contributed by atoms with Crippen molar-refractivity contribution in [1.82, 2.24) is 0 Å². The van der Waals surface area contributed by atoms with E-state index in [0.29, 0.717) is 12.2 Å². The number of methoxy groups -OCH3 is 1. The molecule has 1 aromatic carbocycles. The molecular formula is C11H17ClFNO. The molecule has 0 aliphatic heterocycles. The molecule has 0 saturated carbocycles. The fraction of sp³-hybridized carbons (Fsp3) is 0.455. The molecule has 1 aromatic rings. The number of halogens is 2. The molecule has 1 rings (SSSR count). The Balaban J connectivity index is 0.00000196. The molecular weight excluding hydrogens is 217 g/mol. The summed E-state index contributed by atoms with van der Waals surface area (Å²) in [6.07, 6.45) is 0.663. The summed E-state index contributed by atoms with van der Waals surface area (Å²) in [7, 11) is 1.53. The van der Waals surface area contributed by atoms with Crippen molar-refractivity contribution < 1.29 is 9.13 Å².